The molecule has 30 heavy (non-hydrogen) atoms. The molecule has 0 spiro atoms. The van der Waals surface area contributed by atoms with Crippen LogP contribution in [0.3, 0.4) is 0 Å². The molecule has 0 radical (unpaired) electrons. The summed E-state index contributed by atoms with van der Waals surface area (Å²) in [5, 5.41) is 0. The van der Waals surface area contributed by atoms with Gasteiger partial charge in [-0.05, 0) is 31.0 Å². The molecular weight excluding hydrogens is 386 g/mol. The summed E-state index contributed by atoms with van der Waals surface area (Å²) in [7, 11) is 1.57. The minimum atomic E-state index is -0.368. The number of fused-ring (bicyclic) bond motifs is 1. The first-order chi connectivity index (χ1) is 14.5. The fourth-order valence-corrected chi connectivity index (χ4v) is 3.82. The average molecular weight is 415 g/mol. The fourth-order valence-electron chi connectivity index (χ4n) is 3.82. The van der Waals surface area contributed by atoms with Gasteiger partial charge in [0.05, 0.1) is 11.1 Å². The Morgan fingerprint density at radius 2 is 1.63 bits per heavy atom. The number of carbonyl (C=O) groups is 4. The van der Waals surface area contributed by atoms with Crippen molar-refractivity contribution in [2.75, 3.05) is 46.4 Å². The molecule has 1 aromatic carbocycles. The van der Waals surface area contributed by atoms with Gasteiger partial charge in [0.1, 0.15) is 0 Å². The second-order valence-electron chi connectivity index (χ2n) is 7.65. The van der Waals surface area contributed by atoms with Crippen LogP contribution < -0.4 is 0 Å². The number of rotatable bonds is 8. The summed E-state index contributed by atoms with van der Waals surface area (Å²) in [5.41, 5.74) is 0.997. The van der Waals surface area contributed by atoms with Crippen molar-refractivity contribution >= 4 is 23.6 Å². The van der Waals surface area contributed by atoms with Crippen LogP contribution in [0.25, 0.3) is 0 Å². The van der Waals surface area contributed by atoms with Crippen molar-refractivity contribution < 1.29 is 23.9 Å². The van der Waals surface area contributed by atoms with Crippen LogP contribution in [0.1, 0.15) is 63.7 Å². The lowest BCUT2D eigenvalue weighted by molar-refractivity contribution is -0.132. The molecule has 0 aromatic heterocycles. The molecule has 0 atom stereocenters. The van der Waals surface area contributed by atoms with Gasteiger partial charge in [-0.3, -0.25) is 24.1 Å². The molecule has 2 heterocycles. The van der Waals surface area contributed by atoms with Gasteiger partial charge in [0.2, 0.25) is 5.91 Å². The Morgan fingerprint density at radius 1 is 0.967 bits per heavy atom. The lowest BCUT2D eigenvalue weighted by Gasteiger charge is -2.35. The maximum Gasteiger partial charge on any atom is 0.261 e. The lowest BCUT2D eigenvalue weighted by Crippen LogP contribution is -2.50. The highest BCUT2D eigenvalue weighted by molar-refractivity contribution is 6.22. The van der Waals surface area contributed by atoms with E-state index in [0.29, 0.717) is 56.8 Å². The zero-order valence-corrected chi connectivity index (χ0v) is 17.7. The molecule has 0 saturated carbocycles. The molecule has 1 aromatic rings. The quantitative estimate of drug-likeness (QED) is 0.477. The van der Waals surface area contributed by atoms with Gasteiger partial charge >= 0.3 is 0 Å². The number of hydrogen-bond donors (Lipinski definition) is 0. The van der Waals surface area contributed by atoms with Gasteiger partial charge in [-0.2, -0.15) is 0 Å². The van der Waals surface area contributed by atoms with Crippen molar-refractivity contribution in [3.63, 3.8) is 0 Å². The van der Waals surface area contributed by atoms with Crippen LogP contribution >= 0.6 is 0 Å². The molecule has 4 amide bonds. The highest BCUT2D eigenvalue weighted by Crippen LogP contribution is 2.25. The second-order valence-corrected chi connectivity index (χ2v) is 7.65. The molecule has 0 unspecified atom stereocenters. The van der Waals surface area contributed by atoms with E-state index < -0.39 is 0 Å². The largest absolute Gasteiger partial charge is 0.385 e. The van der Waals surface area contributed by atoms with Crippen molar-refractivity contribution in [1.82, 2.24) is 14.7 Å². The number of carbonyl (C=O) groups excluding carboxylic acids is 4. The monoisotopic (exact) mass is 415 g/mol. The third-order valence-corrected chi connectivity index (χ3v) is 5.61. The highest BCUT2D eigenvalue weighted by Gasteiger charge is 2.36. The van der Waals surface area contributed by atoms with Crippen LogP contribution in [0.4, 0.5) is 0 Å². The maximum atomic E-state index is 12.9. The van der Waals surface area contributed by atoms with Crippen molar-refractivity contribution in [3.05, 3.63) is 34.9 Å². The number of benzene rings is 1. The Bertz CT molecular complexity index is 830. The number of amides is 4. The number of unbranched alkanes of at least 4 members (excludes halogenated alkanes) is 1. The Kier molecular flexibility index (Phi) is 7.20. The molecule has 0 N–H and O–H groups in total. The SMILES string of the molecule is CCCCC(=O)N1CCN(C(=O)c2ccc3c(c2)C(=O)N(CCCOC)C3=O)CC1. The van der Waals surface area contributed by atoms with E-state index in [-0.39, 0.29) is 35.7 Å². The van der Waals surface area contributed by atoms with Gasteiger partial charge in [-0.1, -0.05) is 13.3 Å². The highest BCUT2D eigenvalue weighted by atomic mass is 16.5. The first-order valence-corrected chi connectivity index (χ1v) is 10.5. The molecule has 2 aliphatic rings. The molecule has 162 valence electrons. The topological polar surface area (TPSA) is 87.2 Å². The van der Waals surface area contributed by atoms with Gasteiger partial charge in [0, 0.05) is 58.4 Å². The standard InChI is InChI=1S/C22H29N3O5/c1-3-4-6-19(26)23-10-12-24(13-11-23)20(27)16-7-8-17-18(15-16)22(29)25(21(17)28)9-5-14-30-2/h7-8,15H,3-6,9-14H2,1-2H3. The van der Waals surface area contributed by atoms with E-state index in [4.69, 9.17) is 4.74 Å². The van der Waals surface area contributed by atoms with Crippen LogP contribution in [0.15, 0.2) is 18.2 Å². The van der Waals surface area contributed by atoms with Gasteiger partial charge in [0.25, 0.3) is 17.7 Å². The summed E-state index contributed by atoms with van der Waals surface area (Å²) in [5.74, 6) is -0.743. The molecule has 2 aliphatic heterocycles. The number of imide groups is 1. The van der Waals surface area contributed by atoms with Gasteiger partial charge in [-0.25, -0.2) is 0 Å². The minimum absolute atomic E-state index is 0.138. The predicted molar refractivity (Wildman–Crippen MR) is 110 cm³/mol. The third-order valence-electron chi connectivity index (χ3n) is 5.61. The van der Waals surface area contributed by atoms with Crippen molar-refractivity contribution in [2.45, 2.75) is 32.6 Å². The van der Waals surface area contributed by atoms with E-state index in [1.807, 2.05) is 4.90 Å². The molecule has 0 aliphatic carbocycles. The smallest absolute Gasteiger partial charge is 0.261 e. The minimum Gasteiger partial charge on any atom is -0.385 e. The first kappa shape index (κ1) is 22.0. The zero-order valence-electron chi connectivity index (χ0n) is 17.7. The van der Waals surface area contributed by atoms with E-state index in [1.165, 1.54) is 11.0 Å². The summed E-state index contributed by atoms with van der Waals surface area (Å²) in [6.45, 7) is 4.76. The molecule has 0 bridgehead atoms. The van der Waals surface area contributed by atoms with Gasteiger partial charge in [-0.15, -0.1) is 0 Å². The van der Waals surface area contributed by atoms with E-state index in [2.05, 4.69) is 6.92 Å². The number of piperazine rings is 1. The summed E-state index contributed by atoms with van der Waals surface area (Å²) in [6.07, 6.45) is 2.97. The number of nitrogens with zero attached hydrogens (tertiary/aromatic N) is 3. The second kappa shape index (κ2) is 9.84. The summed E-state index contributed by atoms with van der Waals surface area (Å²) in [6, 6.07) is 4.68. The summed E-state index contributed by atoms with van der Waals surface area (Å²) < 4.78 is 4.98. The number of ether oxygens (including phenoxy) is 1. The Balaban J connectivity index is 1.64. The van der Waals surface area contributed by atoms with E-state index in [9.17, 15) is 19.2 Å². The van der Waals surface area contributed by atoms with Crippen molar-refractivity contribution in [1.29, 1.82) is 0 Å². The maximum absolute atomic E-state index is 12.9. The first-order valence-electron chi connectivity index (χ1n) is 10.5. The van der Waals surface area contributed by atoms with Crippen LogP contribution in [0, 0.1) is 0 Å². The molecule has 3 rings (SSSR count). The molecule has 1 saturated heterocycles. The van der Waals surface area contributed by atoms with E-state index in [1.54, 1.807) is 24.1 Å². The lowest BCUT2D eigenvalue weighted by atomic mass is 10.0. The molecule has 8 heteroatoms. The number of hydrogen-bond acceptors (Lipinski definition) is 5. The van der Waals surface area contributed by atoms with Crippen molar-refractivity contribution in [2.24, 2.45) is 0 Å². The van der Waals surface area contributed by atoms with E-state index >= 15 is 0 Å². The van der Waals surface area contributed by atoms with Crippen LogP contribution in [0.5, 0.6) is 0 Å². The Labute approximate surface area is 176 Å². The summed E-state index contributed by atoms with van der Waals surface area (Å²) in [4.78, 5) is 54.9. The molecule has 8 nitrogen and oxygen atoms in total. The van der Waals surface area contributed by atoms with Crippen LogP contribution in [0.2, 0.25) is 0 Å². The summed E-state index contributed by atoms with van der Waals surface area (Å²) >= 11 is 0. The van der Waals surface area contributed by atoms with Gasteiger partial charge in [0.15, 0.2) is 0 Å². The average Bonchev–Trinajstić information content (AvgIpc) is 3.01. The third kappa shape index (κ3) is 4.53. The Hall–Kier alpha value is -2.74. The van der Waals surface area contributed by atoms with E-state index in [0.717, 1.165) is 12.8 Å². The zero-order chi connectivity index (χ0) is 21.7. The predicted octanol–water partition coefficient (Wildman–Crippen LogP) is 1.79. The van der Waals surface area contributed by atoms with Crippen molar-refractivity contribution in [3.8, 4) is 0 Å². The molecular formula is C22H29N3O5. The van der Waals surface area contributed by atoms with Crippen LogP contribution in [-0.4, -0.2) is 84.8 Å². The number of methoxy groups -OCH3 is 1. The molecule has 1 fully saturated rings. The van der Waals surface area contributed by atoms with Crippen LogP contribution in [-0.2, 0) is 9.53 Å². The van der Waals surface area contributed by atoms with Gasteiger partial charge < -0.3 is 14.5 Å². The Morgan fingerprint density at radius 3 is 2.30 bits per heavy atom. The normalized spacial score (nSPS) is 16.3. The fraction of sp³-hybridized carbons (Fsp3) is 0.545.